The van der Waals surface area contributed by atoms with E-state index in [-0.39, 0.29) is 0 Å². The molecule has 0 unspecified atom stereocenters. The van der Waals surface area contributed by atoms with Crippen LogP contribution in [0.15, 0.2) is 60.1 Å². The molecule has 0 spiro atoms. The first-order valence-electron chi connectivity index (χ1n) is 7.03. The topological polar surface area (TPSA) is 30.8 Å². The summed E-state index contributed by atoms with van der Waals surface area (Å²) in [6.07, 6.45) is 3.44. The molecule has 22 heavy (non-hydrogen) atoms. The SMILES string of the molecule is C=CCOc1ccc(C=Nc2ccc(OCC)cc2)cc1Cl. The highest BCUT2D eigenvalue weighted by molar-refractivity contribution is 6.32. The van der Waals surface area contributed by atoms with Crippen LogP contribution in [0, 0.1) is 0 Å². The zero-order valence-electron chi connectivity index (χ0n) is 12.5. The van der Waals surface area contributed by atoms with E-state index in [1.807, 2.05) is 49.4 Å². The Bertz CT molecular complexity index is 651. The summed E-state index contributed by atoms with van der Waals surface area (Å²) >= 11 is 6.16. The molecule has 0 N–H and O–H groups in total. The van der Waals surface area contributed by atoms with Gasteiger partial charge >= 0.3 is 0 Å². The Morgan fingerprint density at radius 2 is 1.91 bits per heavy atom. The molecule has 0 saturated carbocycles. The first-order valence-corrected chi connectivity index (χ1v) is 7.41. The Labute approximate surface area is 135 Å². The predicted octanol–water partition coefficient (Wildman–Crippen LogP) is 5.05. The number of aliphatic imine (C=N–C) groups is 1. The van der Waals surface area contributed by atoms with E-state index in [1.54, 1.807) is 12.3 Å². The second kappa shape index (κ2) is 8.25. The first kappa shape index (κ1) is 16.1. The summed E-state index contributed by atoms with van der Waals surface area (Å²) in [7, 11) is 0. The van der Waals surface area contributed by atoms with Crippen molar-refractivity contribution in [2.24, 2.45) is 4.99 Å². The fourth-order valence-electron chi connectivity index (χ4n) is 1.81. The fraction of sp³-hybridized carbons (Fsp3) is 0.167. The molecule has 0 amide bonds. The smallest absolute Gasteiger partial charge is 0.138 e. The summed E-state index contributed by atoms with van der Waals surface area (Å²) in [6, 6.07) is 13.2. The summed E-state index contributed by atoms with van der Waals surface area (Å²) in [5, 5.41) is 0.553. The molecule has 2 aromatic rings. The molecule has 2 aromatic carbocycles. The highest BCUT2D eigenvalue weighted by Crippen LogP contribution is 2.25. The maximum Gasteiger partial charge on any atom is 0.138 e. The molecule has 0 heterocycles. The number of ether oxygens (including phenoxy) is 2. The van der Waals surface area contributed by atoms with Crippen LogP contribution in [-0.2, 0) is 0 Å². The van der Waals surface area contributed by atoms with Gasteiger partial charge in [0.25, 0.3) is 0 Å². The van der Waals surface area contributed by atoms with Gasteiger partial charge in [-0.25, -0.2) is 0 Å². The van der Waals surface area contributed by atoms with Gasteiger partial charge in [0.1, 0.15) is 18.1 Å². The molecule has 0 saturated heterocycles. The van der Waals surface area contributed by atoms with E-state index in [4.69, 9.17) is 21.1 Å². The summed E-state index contributed by atoms with van der Waals surface area (Å²) in [5.74, 6) is 1.48. The van der Waals surface area contributed by atoms with Crippen molar-refractivity contribution in [3.63, 3.8) is 0 Å². The molecule has 0 aliphatic heterocycles. The Balaban J connectivity index is 2.06. The maximum atomic E-state index is 6.16. The third-order valence-corrected chi connectivity index (χ3v) is 3.12. The molecule has 0 fully saturated rings. The van der Waals surface area contributed by atoms with Crippen LogP contribution in [0.2, 0.25) is 5.02 Å². The van der Waals surface area contributed by atoms with Gasteiger partial charge in [-0.1, -0.05) is 24.3 Å². The van der Waals surface area contributed by atoms with E-state index in [0.717, 1.165) is 17.0 Å². The second-order valence-electron chi connectivity index (χ2n) is 4.47. The van der Waals surface area contributed by atoms with Gasteiger partial charge in [0.2, 0.25) is 0 Å². The van der Waals surface area contributed by atoms with Crippen molar-refractivity contribution >= 4 is 23.5 Å². The Hall–Kier alpha value is -2.26. The van der Waals surface area contributed by atoms with Gasteiger partial charge < -0.3 is 9.47 Å². The van der Waals surface area contributed by atoms with Crippen molar-refractivity contribution in [2.45, 2.75) is 6.92 Å². The third kappa shape index (κ3) is 4.64. The van der Waals surface area contributed by atoms with Gasteiger partial charge in [0.15, 0.2) is 0 Å². The van der Waals surface area contributed by atoms with Crippen molar-refractivity contribution in [1.29, 1.82) is 0 Å². The van der Waals surface area contributed by atoms with Crippen LogP contribution in [0.25, 0.3) is 0 Å². The molecular formula is C18H18ClNO2. The standard InChI is InChI=1S/C18H18ClNO2/c1-3-11-22-18-10-5-14(12-17(18)19)13-20-15-6-8-16(9-7-15)21-4-2/h3,5-10,12-13H,1,4,11H2,2H3. The van der Waals surface area contributed by atoms with E-state index in [1.165, 1.54) is 0 Å². The first-order chi connectivity index (χ1) is 10.7. The molecule has 0 aromatic heterocycles. The quantitative estimate of drug-likeness (QED) is 0.528. The van der Waals surface area contributed by atoms with Crippen LogP contribution in [-0.4, -0.2) is 19.4 Å². The van der Waals surface area contributed by atoms with E-state index >= 15 is 0 Å². The van der Waals surface area contributed by atoms with Crippen molar-refractivity contribution in [2.75, 3.05) is 13.2 Å². The minimum Gasteiger partial charge on any atom is -0.494 e. The number of halogens is 1. The largest absolute Gasteiger partial charge is 0.494 e. The van der Waals surface area contributed by atoms with Crippen LogP contribution in [0.4, 0.5) is 5.69 Å². The average Bonchev–Trinajstić information content (AvgIpc) is 2.54. The molecule has 2 rings (SSSR count). The lowest BCUT2D eigenvalue weighted by atomic mass is 10.2. The van der Waals surface area contributed by atoms with Crippen LogP contribution < -0.4 is 9.47 Å². The molecule has 0 bridgehead atoms. The number of nitrogens with zero attached hydrogens (tertiary/aromatic N) is 1. The zero-order chi connectivity index (χ0) is 15.8. The van der Waals surface area contributed by atoms with E-state index in [2.05, 4.69) is 11.6 Å². The van der Waals surface area contributed by atoms with E-state index < -0.39 is 0 Å². The number of rotatable bonds is 7. The molecule has 0 atom stereocenters. The molecule has 0 aliphatic rings. The molecular weight excluding hydrogens is 298 g/mol. The maximum absolute atomic E-state index is 6.16. The molecule has 0 radical (unpaired) electrons. The normalized spacial score (nSPS) is 10.6. The lowest BCUT2D eigenvalue weighted by Gasteiger charge is -2.06. The van der Waals surface area contributed by atoms with Gasteiger partial charge in [-0.2, -0.15) is 0 Å². The van der Waals surface area contributed by atoms with Gasteiger partial charge in [-0.3, -0.25) is 4.99 Å². The van der Waals surface area contributed by atoms with Crippen LogP contribution in [0.1, 0.15) is 12.5 Å². The lowest BCUT2D eigenvalue weighted by molar-refractivity contribution is 0.340. The summed E-state index contributed by atoms with van der Waals surface area (Å²) in [6.45, 7) is 6.65. The minimum absolute atomic E-state index is 0.430. The minimum atomic E-state index is 0.430. The summed E-state index contributed by atoms with van der Waals surface area (Å²) < 4.78 is 10.8. The number of benzene rings is 2. The van der Waals surface area contributed by atoms with Crippen molar-refractivity contribution in [1.82, 2.24) is 0 Å². The van der Waals surface area contributed by atoms with Crippen LogP contribution in [0.5, 0.6) is 11.5 Å². The van der Waals surface area contributed by atoms with Gasteiger partial charge in [0.05, 0.1) is 17.3 Å². The van der Waals surface area contributed by atoms with Crippen molar-refractivity contribution in [3.8, 4) is 11.5 Å². The highest BCUT2D eigenvalue weighted by atomic mass is 35.5. The molecule has 114 valence electrons. The molecule has 4 heteroatoms. The summed E-state index contributed by atoms with van der Waals surface area (Å²) in [5.41, 5.74) is 1.76. The molecule has 3 nitrogen and oxygen atoms in total. The Morgan fingerprint density at radius 3 is 2.55 bits per heavy atom. The van der Waals surface area contributed by atoms with Gasteiger partial charge in [0, 0.05) is 6.21 Å². The second-order valence-corrected chi connectivity index (χ2v) is 4.88. The van der Waals surface area contributed by atoms with Gasteiger partial charge in [-0.15, -0.1) is 0 Å². The Kier molecular flexibility index (Phi) is 6.04. The zero-order valence-corrected chi connectivity index (χ0v) is 13.2. The van der Waals surface area contributed by atoms with Crippen LogP contribution >= 0.6 is 11.6 Å². The van der Waals surface area contributed by atoms with E-state index in [0.29, 0.717) is 24.0 Å². The number of hydrogen-bond donors (Lipinski definition) is 0. The average molecular weight is 316 g/mol. The third-order valence-electron chi connectivity index (χ3n) is 2.82. The predicted molar refractivity (Wildman–Crippen MR) is 92.0 cm³/mol. The monoisotopic (exact) mass is 315 g/mol. The Morgan fingerprint density at radius 1 is 1.14 bits per heavy atom. The van der Waals surface area contributed by atoms with Crippen molar-refractivity contribution < 1.29 is 9.47 Å². The number of hydrogen-bond acceptors (Lipinski definition) is 3. The van der Waals surface area contributed by atoms with Gasteiger partial charge in [-0.05, 0) is 55.0 Å². The molecule has 0 aliphatic carbocycles. The van der Waals surface area contributed by atoms with Crippen molar-refractivity contribution in [3.05, 3.63) is 65.7 Å². The fourth-order valence-corrected chi connectivity index (χ4v) is 2.05. The lowest BCUT2D eigenvalue weighted by Crippen LogP contribution is -1.94. The van der Waals surface area contributed by atoms with E-state index in [9.17, 15) is 0 Å². The highest BCUT2D eigenvalue weighted by Gasteiger charge is 2.01. The summed E-state index contributed by atoms with van der Waals surface area (Å²) in [4.78, 5) is 4.41. The van der Waals surface area contributed by atoms with Crippen LogP contribution in [0.3, 0.4) is 0 Å².